The minimum atomic E-state index is -0.937. The summed E-state index contributed by atoms with van der Waals surface area (Å²) in [5.74, 6) is 0.837. The molecule has 0 amide bonds. The van der Waals surface area contributed by atoms with Crippen molar-refractivity contribution < 1.29 is 20.1 Å². The smallest absolute Gasteiger partial charge is 0.311 e. The summed E-state index contributed by atoms with van der Waals surface area (Å²) in [5.41, 5.74) is 1.29. The van der Waals surface area contributed by atoms with Crippen LogP contribution in [-0.2, 0) is 24.8 Å². The Kier molecular flexibility index (Phi) is 8.88. The lowest BCUT2D eigenvalue weighted by atomic mass is 10.1. The van der Waals surface area contributed by atoms with Crippen LogP contribution in [0, 0.1) is 0 Å². The Morgan fingerprint density at radius 1 is 1.28 bits per heavy atom. The van der Waals surface area contributed by atoms with Crippen molar-refractivity contribution in [3.8, 4) is 5.75 Å². The summed E-state index contributed by atoms with van der Waals surface area (Å²) in [6.45, 7) is 4.63. The molecule has 1 aromatic carbocycles. The number of piperidine rings is 1. The third kappa shape index (κ3) is 7.35. The molecule has 0 aliphatic carbocycles. The van der Waals surface area contributed by atoms with E-state index >= 15 is 0 Å². The molecule has 0 atom stereocenters. The molecule has 2 aromatic rings. The van der Waals surface area contributed by atoms with Crippen molar-refractivity contribution in [2.24, 2.45) is 7.05 Å². The molecule has 0 saturated carbocycles. The van der Waals surface area contributed by atoms with Crippen molar-refractivity contribution in [1.29, 1.82) is 0 Å². The van der Waals surface area contributed by atoms with Crippen LogP contribution in [0.1, 0.15) is 37.1 Å². The van der Waals surface area contributed by atoms with Crippen molar-refractivity contribution in [3.05, 3.63) is 35.7 Å². The first kappa shape index (κ1) is 22.6. The van der Waals surface area contributed by atoms with Crippen LogP contribution in [0.2, 0.25) is 0 Å². The number of ether oxygens (including phenoxy) is 1. The van der Waals surface area contributed by atoms with Crippen molar-refractivity contribution >= 4 is 11.9 Å². The predicted molar refractivity (Wildman–Crippen MR) is 110 cm³/mol. The molecule has 29 heavy (non-hydrogen) atoms. The zero-order valence-electron chi connectivity index (χ0n) is 16.9. The second-order valence-electron chi connectivity index (χ2n) is 7.16. The van der Waals surface area contributed by atoms with E-state index < -0.39 is 5.97 Å². The Balaban J connectivity index is 0.00000300. The highest BCUT2D eigenvalue weighted by atomic mass is 16.5. The maximum absolute atomic E-state index is 10.7. The molecule has 0 radical (unpaired) electrons. The Morgan fingerprint density at radius 3 is 2.83 bits per heavy atom. The molecular formula is C20H31N5O4. The van der Waals surface area contributed by atoms with E-state index in [2.05, 4.69) is 38.5 Å². The van der Waals surface area contributed by atoms with E-state index in [1.54, 1.807) is 11.7 Å². The van der Waals surface area contributed by atoms with Gasteiger partial charge in [0, 0.05) is 20.1 Å². The largest absolute Gasteiger partial charge is 0.494 e. The maximum atomic E-state index is 10.7. The van der Waals surface area contributed by atoms with Crippen LogP contribution in [0.5, 0.6) is 5.75 Å². The van der Waals surface area contributed by atoms with Gasteiger partial charge < -0.3 is 20.6 Å². The monoisotopic (exact) mass is 405 g/mol. The lowest BCUT2D eigenvalue weighted by Crippen LogP contribution is -2.29. The first-order chi connectivity index (χ1) is 13.6. The summed E-state index contributed by atoms with van der Waals surface area (Å²) in [6.07, 6.45) is 4.58. The van der Waals surface area contributed by atoms with Gasteiger partial charge in [0.1, 0.15) is 12.2 Å². The molecule has 160 valence electrons. The number of hydrogen-bond donors (Lipinski definition) is 2. The number of carboxylic acids is 1. The molecule has 1 aliphatic rings. The van der Waals surface area contributed by atoms with Gasteiger partial charge in [-0.15, -0.1) is 0 Å². The Bertz CT molecular complexity index is 774. The van der Waals surface area contributed by atoms with Crippen molar-refractivity contribution in [1.82, 2.24) is 19.7 Å². The molecule has 0 unspecified atom stereocenters. The number of carbonyl (C=O) groups is 1. The summed E-state index contributed by atoms with van der Waals surface area (Å²) in [4.78, 5) is 17.4. The van der Waals surface area contributed by atoms with Crippen molar-refractivity contribution in [2.45, 2.75) is 38.6 Å². The summed E-state index contributed by atoms with van der Waals surface area (Å²) in [6, 6.07) is 8.33. The topological polar surface area (TPSA) is 124 Å². The number of anilines is 1. The first-order valence-corrected chi connectivity index (χ1v) is 9.90. The second-order valence-corrected chi connectivity index (χ2v) is 7.16. The highest BCUT2D eigenvalue weighted by molar-refractivity contribution is 5.69. The quantitative estimate of drug-likeness (QED) is 0.574. The summed E-state index contributed by atoms with van der Waals surface area (Å²) >= 11 is 0. The number of nitrogens with one attached hydrogen (secondary N) is 1. The van der Waals surface area contributed by atoms with Gasteiger partial charge in [-0.1, -0.05) is 18.6 Å². The molecule has 2 heterocycles. The number of hydrogen-bond acceptors (Lipinski definition) is 6. The molecular weight excluding hydrogens is 374 g/mol. The molecule has 4 N–H and O–H groups in total. The van der Waals surface area contributed by atoms with Crippen molar-refractivity contribution in [3.63, 3.8) is 0 Å². The molecule has 9 heteroatoms. The number of benzene rings is 1. The predicted octanol–water partition coefficient (Wildman–Crippen LogP) is 1.48. The van der Waals surface area contributed by atoms with Crippen LogP contribution < -0.4 is 10.1 Å². The number of rotatable bonds is 10. The lowest BCUT2D eigenvalue weighted by Gasteiger charge is -2.26. The van der Waals surface area contributed by atoms with Gasteiger partial charge in [-0.3, -0.25) is 9.69 Å². The van der Waals surface area contributed by atoms with Crippen LogP contribution in [0.25, 0.3) is 0 Å². The van der Waals surface area contributed by atoms with E-state index in [1.165, 1.54) is 37.9 Å². The minimum Gasteiger partial charge on any atom is -0.494 e. The van der Waals surface area contributed by atoms with Gasteiger partial charge in [-0.25, -0.2) is 4.68 Å². The van der Waals surface area contributed by atoms with E-state index in [1.807, 2.05) is 6.07 Å². The molecule has 1 aromatic heterocycles. The third-order valence-corrected chi connectivity index (χ3v) is 4.74. The van der Waals surface area contributed by atoms with Gasteiger partial charge in [0.15, 0.2) is 5.82 Å². The van der Waals surface area contributed by atoms with Gasteiger partial charge in [-0.2, -0.15) is 10.1 Å². The normalized spacial score (nSPS) is 14.2. The highest BCUT2D eigenvalue weighted by Crippen LogP contribution is 2.17. The number of aromatic nitrogens is 3. The Hall–Kier alpha value is -2.65. The Labute approximate surface area is 171 Å². The molecule has 9 nitrogen and oxygen atoms in total. The van der Waals surface area contributed by atoms with E-state index in [0.29, 0.717) is 24.9 Å². The van der Waals surface area contributed by atoms with Crippen LogP contribution in [0.3, 0.4) is 0 Å². The molecule has 3 rings (SSSR count). The maximum Gasteiger partial charge on any atom is 0.311 e. The minimum absolute atomic E-state index is 0. The standard InChI is InChI=1S/C20H29N5O3.H2O/c1-24-20(22-18(23-24)14-19(26)27)21-9-6-12-28-17-8-5-7-16(13-17)15-25-10-3-2-4-11-25;/h5,7-8,13H,2-4,6,9-12,14-15H2,1H3,(H,26,27)(H,21,22,23);1H2. The third-order valence-electron chi connectivity index (χ3n) is 4.74. The van der Waals surface area contributed by atoms with Crippen LogP contribution >= 0.6 is 0 Å². The van der Waals surface area contributed by atoms with E-state index in [9.17, 15) is 4.79 Å². The van der Waals surface area contributed by atoms with E-state index in [0.717, 1.165) is 18.7 Å². The summed E-state index contributed by atoms with van der Waals surface area (Å²) in [7, 11) is 1.74. The van der Waals surface area contributed by atoms with Crippen molar-refractivity contribution in [2.75, 3.05) is 31.6 Å². The summed E-state index contributed by atoms with van der Waals surface area (Å²) < 4.78 is 7.44. The fourth-order valence-corrected chi connectivity index (χ4v) is 3.37. The fourth-order valence-electron chi connectivity index (χ4n) is 3.37. The number of nitrogens with zero attached hydrogens (tertiary/aromatic N) is 4. The van der Waals surface area contributed by atoms with E-state index in [4.69, 9.17) is 9.84 Å². The Morgan fingerprint density at radius 2 is 2.07 bits per heavy atom. The zero-order valence-corrected chi connectivity index (χ0v) is 16.9. The summed E-state index contributed by atoms with van der Waals surface area (Å²) in [5, 5.41) is 16.1. The SMILES string of the molecule is Cn1nc(CC(=O)O)nc1NCCCOc1cccc(CN2CCCCC2)c1.O. The molecule has 1 saturated heterocycles. The van der Waals surface area contributed by atoms with Crippen LogP contribution in [-0.4, -0.2) is 62.5 Å². The average Bonchev–Trinajstić information content (AvgIpc) is 3.01. The molecule has 1 aliphatic heterocycles. The number of aryl methyl sites for hydroxylation is 1. The second kappa shape index (κ2) is 11.4. The van der Waals surface area contributed by atoms with Crippen LogP contribution in [0.4, 0.5) is 5.95 Å². The highest BCUT2D eigenvalue weighted by Gasteiger charge is 2.11. The fraction of sp³-hybridized carbons (Fsp3) is 0.550. The van der Waals surface area contributed by atoms with Gasteiger partial charge in [0.25, 0.3) is 0 Å². The first-order valence-electron chi connectivity index (χ1n) is 9.90. The van der Waals surface area contributed by atoms with Gasteiger partial charge in [-0.05, 0) is 50.0 Å². The van der Waals surface area contributed by atoms with Gasteiger partial charge in [0.2, 0.25) is 5.95 Å². The van der Waals surface area contributed by atoms with Gasteiger partial charge in [0.05, 0.1) is 6.61 Å². The van der Waals surface area contributed by atoms with Crippen LogP contribution in [0.15, 0.2) is 24.3 Å². The van der Waals surface area contributed by atoms with E-state index in [-0.39, 0.29) is 11.9 Å². The number of aliphatic carboxylic acids is 1. The number of likely N-dealkylation sites (tertiary alicyclic amines) is 1. The zero-order chi connectivity index (χ0) is 19.8. The number of carboxylic acid groups (broad SMARTS) is 1. The van der Waals surface area contributed by atoms with Gasteiger partial charge >= 0.3 is 5.97 Å². The molecule has 0 spiro atoms. The molecule has 1 fully saturated rings. The average molecular weight is 405 g/mol. The molecule has 0 bridgehead atoms. The lowest BCUT2D eigenvalue weighted by molar-refractivity contribution is -0.136.